The lowest BCUT2D eigenvalue weighted by molar-refractivity contribution is -0.139. The van der Waals surface area contributed by atoms with Crippen LogP contribution in [0.4, 0.5) is 4.39 Å². The van der Waals surface area contributed by atoms with Crippen molar-refractivity contribution >= 4 is 23.4 Å². The van der Waals surface area contributed by atoms with Gasteiger partial charge in [-0.15, -0.1) is 0 Å². The molecule has 1 aliphatic carbocycles. The zero-order valence-corrected chi connectivity index (χ0v) is 18.5. The van der Waals surface area contributed by atoms with E-state index in [2.05, 4.69) is 5.32 Å². The molecule has 0 amide bonds. The molecule has 6 nitrogen and oxygen atoms in total. The lowest BCUT2D eigenvalue weighted by Crippen LogP contribution is -2.40. The van der Waals surface area contributed by atoms with Gasteiger partial charge in [-0.3, -0.25) is 4.79 Å². The normalized spacial score (nSPS) is 20.4. The Morgan fingerprint density at radius 3 is 2.84 bits per heavy atom. The molecule has 8 heteroatoms. The number of furan rings is 1. The van der Waals surface area contributed by atoms with E-state index in [1.807, 2.05) is 6.08 Å². The number of hydrogen-bond acceptors (Lipinski definition) is 6. The van der Waals surface area contributed by atoms with E-state index in [-0.39, 0.29) is 24.0 Å². The summed E-state index contributed by atoms with van der Waals surface area (Å²) in [5, 5.41) is 3.36. The number of carbonyl (C=O) groups excluding carboxylic acids is 2. The van der Waals surface area contributed by atoms with Crippen molar-refractivity contribution in [2.45, 2.75) is 39.2 Å². The van der Waals surface area contributed by atoms with Crippen LogP contribution in [0.1, 0.15) is 44.1 Å². The number of ketones is 1. The van der Waals surface area contributed by atoms with Gasteiger partial charge in [0.2, 0.25) is 0 Å². The molecule has 1 N–H and O–H groups in total. The van der Waals surface area contributed by atoms with E-state index in [9.17, 15) is 14.0 Å². The Morgan fingerprint density at radius 1 is 1.28 bits per heavy atom. The Kier molecular flexibility index (Phi) is 6.37. The Bertz CT molecular complexity index is 1120. The predicted octanol–water partition coefficient (Wildman–Crippen LogP) is 5.04. The highest BCUT2D eigenvalue weighted by Crippen LogP contribution is 2.44. The number of benzene rings is 1. The first kappa shape index (κ1) is 22.1. The van der Waals surface area contributed by atoms with E-state index in [1.54, 1.807) is 26.0 Å². The smallest absolute Gasteiger partial charge is 0.336 e. The van der Waals surface area contributed by atoms with Crippen LogP contribution in [0.5, 0.6) is 5.75 Å². The summed E-state index contributed by atoms with van der Waals surface area (Å²) in [4.78, 5) is 25.7. The second-order valence-corrected chi connectivity index (χ2v) is 8.08. The molecule has 0 fully saturated rings. The molecule has 168 valence electrons. The summed E-state index contributed by atoms with van der Waals surface area (Å²) < 4.78 is 30.2. The molecule has 2 heterocycles. The van der Waals surface area contributed by atoms with Gasteiger partial charge in [0.15, 0.2) is 0 Å². The number of fused-ring (bicyclic) bond motifs is 1. The van der Waals surface area contributed by atoms with Crippen LogP contribution in [0.15, 0.2) is 57.8 Å². The average molecular weight is 460 g/mol. The van der Waals surface area contributed by atoms with E-state index in [0.717, 1.165) is 5.70 Å². The number of esters is 1. The van der Waals surface area contributed by atoms with Gasteiger partial charge in [-0.05, 0) is 50.6 Å². The fourth-order valence-electron chi connectivity index (χ4n) is 4.18. The minimum absolute atomic E-state index is 0.0431. The van der Waals surface area contributed by atoms with Gasteiger partial charge < -0.3 is 19.2 Å². The van der Waals surface area contributed by atoms with Crippen LogP contribution >= 0.6 is 11.6 Å². The third-order valence-corrected chi connectivity index (χ3v) is 5.86. The van der Waals surface area contributed by atoms with Crippen LogP contribution in [0.2, 0.25) is 5.02 Å². The highest BCUT2D eigenvalue weighted by atomic mass is 35.5. The van der Waals surface area contributed by atoms with Crippen molar-refractivity contribution in [3.8, 4) is 5.75 Å². The number of ether oxygens (including phenoxy) is 2. The molecule has 1 aliphatic heterocycles. The van der Waals surface area contributed by atoms with Crippen LogP contribution in [0, 0.1) is 11.7 Å². The minimum atomic E-state index is -0.600. The molecule has 0 bridgehead atoms. The average Bonchev–Trinajstić information content (AvgIpc) is 3.21. The molecular weight excluding hydrogens is 437 g/mol. The van der Waals surface area contributed by atoms with E-state index < -0.39 is 23.6 Å². The first-order valence-electron chi connectivity index (χ1n) is 10.4. The molecule has 32 heavy (non-hydrogen) atoms. The summed E-state index contributed by atoms with van der Waals surface area (Å²) in [6, 6.07) is 7.33. The first-order chi connectivity index (χ1) is 15.4. The SMILES string of the molecule is CCOC(=O)C1=C(C)NC2=CCCC(=O)C2C1c1ccc(COc2ccc(F)cc2Cl)o1. The van der Waals surface area contributed by atoms with Crippen LogP contribution in [0.3, 0.4) is 0 Å². The molecule has 2 unspecified atom stereocenters. The fraction of sp³-hybridized carbons (Fsp3) is 0.333. The quantitative estimate of drug-likeness (QED) is 0.610. The van der Waals surface area contributed by atoms with Gasteiger partial charge in [0, 0.05) is 17.8 Å². The van der Waals surface area contributed by atoms with Gasteiger partial charge in [-0.25, -0.2) is 9.18 Å². The predicted molar refractivity (Wildman–Crippen MR) is 115 cm³/mol. The maximum absolute atomic E-state index is 13.2. The Labute approximate surface area is 190 Å². The highest BCUT2D eigenvalue weighted by molar-refractivity contribution is 6.32. The highest BCUT2D eigenvalue weighted by Gasteiger charge is 2.44. The summed E-state index contributed by atoms with van der Waals surface area (Å²) in [7, 11) is 0. The number of rotatable bonds is 6. The number of Topliss-reactive ketones (excluding diaryl/α,β-unsaturated/α-hetero) is 1. The minimum Gasteiger partial charge on any atom is -0.484 e. The van der Waals surface area contributed by atoms with E-state index >= 15 is 0 Å². The van der Waals surface area contributed by atoms with Gasteiger partial charge in [0.25, 0.3) is 0 Å². The standard InChI is InChI=1S/C24H23ClFNO5/c1-3-30-24(29)21-13(2)27-17-5-4-6-18(28)22(17)23(21)20-10-8-15(32-20)12-31-19-9-7-14(26)11-16(19)25/h5,7-11,22-23,27H,3-4,6,12H2,1-2H3. The fourth-order valence-corrected chi connectivity index (χ4v) is 4.40. The van der Waals surface area contributed by atoms with Crippen LogP contribution < -0.4 is 10.1 Å². The molecule has 2 aliphatic rings. The maximum Gasteiger partial charge on any atom is 0.336 e. The maximum atomic E-state index is 13.2. The Balaban J connectivity index is 1.64. The lowest BCUT2D eigenvalue weighted by atomic mass is 9.73. The molecule has 0 radical (unpaired) electrons. The van der Waals surface area contributed by atoms with Crippen molar-refractivity contribution in [3.63, 3.8) is 0 Å². The van der Waals surface area contributed by atoms with Crippen LogP contribution in [-0.2, 0) is 20.9 Å². The van der Waals surface area contributed by atoms with Crippen molar-refractivity contribution in [3.05, 3.63) is 75.7 Å². The topological polar surface area (TPSA) is 77.8 Å². The molecule has 1 aromatic carbocycles. The largest absolute Gasteiger partial charge is 0.484 e. The number of allylic oxidation sites excluding steroid dienone is 3. The third-order valence-electron chi connectivity index (χ3n) is 5.57. The summed E-state index contributed by atoms with van der Waals surface area (Å²) in [5.41, 5.74) is 1.80. The Hall–Kier alpha value is -3.06. The third kappa shape index (κ3) is 4.30. The summed E-state index contributed by atoms with van der Waals surface area (Å²) >= 11 is 6.01. The first-order valence-corrected chi connectivity index (χ1v) is 10.8. The number of carbonyl (C=O) groups is 2. The molecule has 0 spiro atoms. The van der Waals surface area contributed by atoms with Gasteiger partial charge in [0.05, 0.1) is 29.0 Å². The molecule has 0 saturated carbocycles. The monoisotopic (exact) mass is 459 g/mol. The van der Waals surface area contributed by atoms with Crippen LogP contribution in [0.25, 0.3) is 0 Å². The van der Waals surface area contributed by atoms with E-state index in [0.29, 0.717) is 41.4 Å². The van der Waals surface area contributed by atoms with Crippen molar-refractivity contribution in [1.82, 2.24) is 5.32 Å². The number of nitrogens with one attached hydrogen (secondary N) is 1. The molecular formula is C24H23ClFNO5. The zero-order chi connectivity index (χ0) is 22.8. The van der Waals surface area contributed by atoms with Crippen molar-refractivity contribution in [2.75, 3.05) is 6.61 Å². The second kappa shape index (κ2) is 9.20. The van der Waals surface area contributed by atoms with E-state index in [4.69, 9.17) is 25.5 Å². The number of halogens is 2. The summed E-state index contributed by atoms with van der Waals surface area (Å²) in [6.07, 6.45) is 3.05. The van der Waals surface area contributed by atoms with Crippen molar-refractivity contribution < 1.29 is 27.9 Å². The van der Waals surface area contributed by atoms with Gasteiger partial charge >= 0.3 is 5.97 Å². The second-order valence-electron chi connectivity index (χ2n) is 7.67. The van der Waals surface area contributed by atoms with Crippen LogP contribution in [-0.4, -0.2) is 18.4 Å². The van der Waals surface area contributed by atoms with Gasteiger partial charge in [-0.2, -0.15) is 0 Å². The van der Waals surface area contributed by atoms with E-state index in [1.165, 1.54) is 18.2 Å². The van der Waals surface area contributed by atoms with Crippen molar-refractivity contribution in [2.24, 2.45) is 5.92 Å². The molecule has 2 atom stereocenters. The zero-order valence-electron chi connectivity index (χ0n) is 17.7. The summed E-state index contributed by atoms with van der Waals surface area (Å²) in [5.74, 6) is -0.756. The van der Waals surface area contributed by atoms with Gasteiger partial charge in [-0.1, -0.05) is 17.7 Å². The van der Waals surface area contributed by atoms with Crippen molar-refractivity contribution in [1.29, 1.82) is 0 Å². The lowest BCUT2D eigenvalue weighted by Gasteiger charge is -2.36. The van der Waals surface area contributed by atoms with Gasteiger partial charge in [0.1, 0.15) is 35.5 Å². The molecule has 4 rings (SSSR count). The Morgan fingerprint density at radius 2 is 2.09 bits per heavy atom. The molecule has 2 aromatic rings. The molecule has 0 saturated heterocycles. The number of hydrogen-bond donors (Lipinski definition) is 1. The molecule has 1 aromatic heterocycles. The summed E-state index contributed by atoms with van der Waals surface area (Å²) in [6.45, 7) is 3.80.